The number of carbonyl (C=O) groups is 1. The van der Waals surface area contributed by atoms with Gasteiger partial charge in [0.1, 0.15) is 0 Å². The number of anilines is 2. The number of nitrogens with one attached hydrogen (secondary N) is 1. The number of likely N-dealkylation sites (N-methyl/N-ethyl adjacent to an activating group) is 1. The topological polar surface area (TPSA) is 44.8 Å². The summed E-state index contributed by atoms with van der Waals surface area (Å²) >= 11 is 5.96. The molecule has 3 rings (SSSR count). The first kappa shape index (κ1) is 19.7. The van der Waals surface area contributed by atoms with Crippen LogP contribution in [0.2, 0.25) is 5.02 Å². The second-order valence-electron chi connectivity index (χ2n) is 6.81. The molecule has 0 spiro atoms. The Labute approximate surface area is 165 Å². The highest BCUT2D eigenvalue weighted by atomic mass is 35.5. The monoisotopic (exact) mass is 387 g/mol. The smallest absolute Gasteiger partial charge is 0.238 e. The highest BCUT2D eigenvalue weighted by Gasteiger charge is 2.18. The maximum absolute atomic E-state index is 12.6. The van der Waals surface area contributed by atoms with E-state index in [2.05, 4.69) is 17.1 Å². The van der Waals surface area contributed by atoms with Crippen LogP contribution >= 0.6 is 11.6 Å². The van der Waals surface area contributed by atoms with Gasteiger partial charge < -0.3 is 15.0 Å². The molecule has 27 heavy (non-hydrogen) atoms. The van der Waals surface area contributed by atoms with Gasteiger partial charge in [-0.25, -0.2) is 0 Å². The van der Waals surface area contributed by atoms with Crippen molar-refractivity contribution in [3.8, 4) is 0 Å². The molecule has 6 heteroatoms. The van der Waals surface area contributed by atoms with E-state index >= 15 is 0 Å². The van der Waals surface area contributed by atoms with Gasteiger partial charge in [-0.15, -0.1) is 0 Å². The van der Waals surface area contributed by atoms with Crippen LogP contribution in [0.25, 0.3) is 0 Å². The largest absolute Gasteiger partial charge is 0.378 e. The van der Waals surface area contributed by atoms with Crippen molar-refractivity contribution in [3.63, 3.8) is 0 Å². The minimum absolute atomic E-state index is 0.0287. The summed E-state index contributed by atoms with van der Waals surface area (Å²) in [6.45, 7) is 5.48. The summed E-state index contributed by atoms with van der Waals surface area (Å²) in [5.74, 6) is -0.0287. The van der Waals surface area contributed by atoms with E-state index in [9.17, 15) is 4.79 Å². The fourth-order valence-corrected chi connectivity index (χ4v) is 3.33. The van der Waals surface area contributed by atoms with Crippen LogP contribution in [0.1, 0.15) is 18.5 Å². The molecule has 0 radical (unpaired) electrons. The maximum Gasteiger partial charge on any atom is 0.238 e. The van der Waals surface area contributed by atoms with Crippen molar-refractivity contribution in [2.75, 3.05) is 50.1 Å². The molecule has 2 aromatic carbocycles. The molecule has 1 aliphatic heterocycles. The Hall–Kier alpha value is -2.08. The lowest BCUT2D eigenvalue weighted by atomic mass is 10.1. The van der Waals surface area contributed by atoms with Crippen LogP contribution in [0.3, 0.4) is 0 Å². The third-order valence-corrected chi connectivity index (χ3v) is 5.19. The standard InChI is InChI=1S/C21H26ClN3O2/c1-16(17-7-9-18(22)10-8-17)24(2)15-21(26)23-19-5-3-4-6-20(19)25-11-13-27-14-12-25/h3-10,16H,11-15H2,1-2H3,(H,23,26). The number of para-hydroxylation sites is 2. The van der Waals surface area contributed by atoms with Crippen LogP contribution in [0.5, 0.6) is 0 Å². The second kappa shape index (κ2) is 9.22. The number of hydrogen-bond donors (Lipinski definition) is 1. The predicted molar refractivity (Wildman–Crippen MR) is 111 cm³/mol. The Kier molecular flexibility index (Phi) is 6.72. The summed E-state index contributed by atoms with van der Waals surface area (Å²) in [4.78, 5) is 16.9. The summed E-state index contributed by atoms with van der Waals surface area (Å²) < 4.78 is 5.43. The predicted octanol–water partition coefficient (Wildman–Crippen LogP) is 3.81. The minimum atomic E-state index is -0.0287. The zero-order valence-electron chi connectivity index (χ0n) is 15.8. The molecular formula is C21H26ClN3O2. The Morgan fingerprint density at radius 1 is 1.19 bits per heavy atom. The van der Waals surface area contributed by atoms with Gasteiger partial charge in [-0.2, -0.15) is 0 Å². The van der Waals surface area contributed by atoms with Crippen molar-refractivity contribution in [1.29, 1.82) is 0 Å². The number of halogens is 1. The van der Waals surface area contributed by atoms with Gasteiger partial charge in [0.15, 0.2) is 0 Å². The fraction of sp³-hybridized carbons (Fsp3) is 0.381. The molecule has 1 amide bonds. The first-order chi connectivity index (χ1) is 13.0. The summed E-state index contributed by atoms with van der Waals surface area (Å²) in [5, 5.41) is 3.78. The Morgan fingerprint density at radius 2 is 1.85 bits per heavy atom. The third-order valence-electron chi connectivity index (χ3n) is 4.94. The van der Waals surface area contributed by atoms with Gasteiger partial charge in [0.05, 0.1) is 31.1 Å². The second-order valence-corrected chi connectivity index (χ2v) is 7.24. The Balaban J connectivity index is 1.63. The Morgan fingerprint density at radius 3 is 2.56 bits per heavy atom. The number of morpholine rings is 1. The van der Waals surface area contributed by atoms with Gasteiger partial charge in [0.2, 0.25) is 5.91 Å². The molecule has 1 fully saturated rings. The van der Waals surface area contributed by atoms with Crippen molar-refractivity contribution >= 4 is 28.9 Å². The molecule has 1 heterocycles. The minimum Gasteiger partial charge on any atom is -0.378 e. The molecule has 1 saturated heterocycles. The zero-order valence-corrected chi connectivity index (χ0v) is 16.6. The van der Waals surface area contributed by atoms with Gasteiger partial charge >= 0.3 is 0 Å². The molecule has 0 saturated carbocycles. The van der Waals surface area contributed by atoms with Crippen molar-refractivity contribution in [2.24, 2.45) is 0 Å². The number of amides is 1. The molecule has 0 aliphatic carbocycles. The molecule has 1 unspecified atom stereocenters. The molecule has 5 nitrogen and oxygen atoms in total. The summed E-state index contributed by atoms with van der Waals surface area (Å²) in [6.07, 6.45) is 0. The van der Waals surface area contributed by atoms with E-state index in [1.54, 1.807) is 0 Å². The lowest BCUT2D eigenvalue weighted by Crippen LogP contribution is -2.37. The summed E-state index contributed by atoms with van der Waals surface area (Å²) in [7, 11) is 1.95. The average Bonchev–Trinajstić information content (AvgIpc) is 2.69. The van der Waals surface area contributed by atoms with Gasteiger partial charge in [-0.3, -0.25) is 9.69 Å². The SMILES string of the molecule is CC(c1ccc(Cl)cc1)N(C)CC(=O)Nc1ccccc1N1CCOCC1. The lowest BCUT2D eigenvalue weighted by molar-refractivity contribution is -0.117. The van der Waals surface area contributed by atoms with Gasteiger partial charge in [-0.1, -0.05) is 35.9 Å². The van der Waals surface area contributed by atoms with Crippen molar-refractivity contribution in [2.45, 2.75) is 13.0 Å². The molecule has 0 bridgehead atoms. The fourth-order valence-electron chi connectivity index (χ4n) is 3.21. The average molecular weight is 388 g/mol. The molecular weight excluding hydrogens is 362 g/mol. The molecule has 1 aliphatic rings. The highest BCUT2D eigenvalue weighted by molar-refractivity contribution is 6.30. The van der Waals surface area contributed by atoms with Crippen molar-refractivity contribution in [1.82, 2.24) is 4.90 Å². The maximum atomic E-state index is 12.6. The van der Waals surface area contributed by atoms with Crippen LogP contribution in [-0.4, -0.2) is 50.7 Å². The number of hydrogen-bond acceptors (Lipinski definition) is 4. The van der Waals surface area contributed by atoms with Crippen LogP contribution in [0.4, 0.5) is 11.4 Å². The van der Waals surface area contributed by atoms with E-state index in [0.717, 1.165) is 30.0 Å². The molecule has 1 atom stereocenters. The first-order valence-electron chi connectivity index (χ1n) is 9.22. The Bertz CT molecular complexity index is 760. The number of nitrogens with zero attached hydrogens (tertiary/aromatic N) is 2. The number of ether oxygens (including phenoxy) is 1. The number of carbonyl (C=O) groups excluding carboxylic acids is 1. The van der Waals surface area contributed by atoms with Crippen LogP contribution in [-0.2, 0) is 9.53 Å². The first-order valence-corrected chi connectivity index (χ1v) is 9.59. The molecule has 144 valence electrons. The van der Waals surface area contributed by atoms with E-state index in [4.69, 9.17) is 16.3 Å². The van der Waals surface area contributed by atoms with E-state index in [1.807, 2.05) is 60.5 Å². The van der Waals surface area contributed by atoms with Gasteiger partial charge in [0, 0.05) is 24.2 Å². The number of rotatable bonds is 6. The van der Waals surface area contributed by atoms with Gasteiger partial charge in [-0.05, 0) is 43.8 Å². The highest BCUT2D eigenvalue weighted by Crippen LogP contribution is 2.26. The molecule has 0 aromatic heterocycles. The van der Waals surface area contributed by atoms with Crippen molar-refractivity contribution in [3.05, 3.63) is 59.1 Å². The van der Waals surface area contributed by atoms with Gasteiger partial charge in [0.25, 0.3) is 0 Å². The lowest BCUT2D eigenvalue weighted by Gasteiger charge is -2.31. The third kappa shape index (κ3) is 5.22. The van der Waals surface area contributed by atoms with Crippen LogP contribution in [0.15, 0.2) is 48.5 Å². The van der Waals surface area contributed by atoms with Crippen molar-refractivity contribution < 1.29 is 9.53 Å². The van der Waals surface area contributed by atoms with Crippen LogP contribution in [0, 0.1) is 0 Å². The van der Waals surface area contributed by atoms with E-state index in [1.165, 1.54) is 0 Å². The summed E-state index contributed by atoms with van der Waals surface area (Å²) in [5.41, 5.74) is 3.02. The number of benzene rings is 2. The van der Waals surface area contributed by atoms with E-state index in [-0.39, 0.29) is 11.9 Å². The quantitative estimate of drug-likeness (QED) is 0.818. The molecule has 1 N–H and O–H groups in total. The van der Waals surface area contributed by atoms with E-state index in [0.29, 0.717) is 24.8 Å². The normalized spacial score (nSPS) is 15.6. The van der Waals surface area contributed by atoms with E-state index < -0.39 is 0 Å². The molecule has 2 aromatic rings. The van der Waals surface area contributed by atoms with Crippen LogP contribution < -0.4 is 10.2 Å². The summed E-state index contributed by atoms with van der Waals surface area (Å²) in [6, 6.07) is 15.8. The zero-order chi connectivity index (χ0) is 19.2.